The molecule has 0 saturated heterocycles. The number of halogens is 2. The lowest BCUT2D eigenvalue weighted by molar-refractivity contribution is -0.145. The van der Waals surface area contributed by atoms with Crippen molar-refractivity contribution in [2.75, 3.05) is 7.11 Å². The van der Waals surface area contributed by atoms with Crippen molar-refractivity contribution < 1.29 is 23.1 Å². The molecule has 0 spiro atoms. The van der Waals surface area contributed by atoms with Gasteiger partial charge in [0.2, 0.25) is 5.91 Å². The molecule has 0 saturated carbocycles. The minimum absolute atomic E-state index is 0.152. The molecule has 0 radical (unpaired) electrons. The van der Waals surface area contributed by atoms with Crippen LogP contribution in [0.4, 0.5) is 8.78 Å². The van der Waals surface area contributed by atoms with E-state index in [0.717, 1.165) is 12.1 Å². The van der Waals surface area contributed by atoms with Crippen molar-refractivity contribution >= 4 is 11.9 Å². The third kappa shape index (κ3) is 5.13. The molecule has 0 aliphatic rings. The highest BCUT2D eigenvalue weighted by Gasteiger charge is 2.23. The summed E-state index contributed by atoms with van der Waals surface area (Å²) in [4.78, 5) is 23.5. The number of amides is 1. The number of esters is 1. The molecular formula is C15H19F2NO3. The first-order chi connectivity index (χ1) is 9.85. The smallest absolute Gasteiger partial charge is 0.328 e. The fourth-order valence-corrected chi connectivity index (χ4v) is 1.93. The van der Waals surface area contributed by atoms with Crippen LogP contribution in [-0.2, 0) is 20.7 Å². The van der Waals surface area contributed by atoms with Gasteiger partial charge in [0.15, 0.2) is 0 Å². The van der Waals surface area contributed by atoms with Gasteiger partial charge in [0.25, 0.3) is 0 Å². The molecule has 4 nitrogen and oxygen atoms in total. The molecule has 1 aromatic rings. The average molecular weight is 299 g/mol. The summed E-state index contributed by atoms with van der Waals surface area (Å²) in [6.07, 6.45) is -0.0811. The van der Waals surface area contributed by atoms with E-state index >= 15 is 0 Å². The molecule has 0 aliphatic heterocycles. The van der Waals surface area contributed by atoms with E-state index in [9.17, 15) is 18.4 Å². The molecule has 0 aliphatic carbocycles. The Morgan fingerprint density at radius 2 is 1.81 bits per heavy atom. The summed E-state index contributed by atoms with van der Waals surface area (Å²) >= 11 is 0. The van der Waals surface area contributed by atoms with Crippen LogP contribution < -0.4 is 5.32 Å². The van der Waals surface area contributed by atoms with Gasteiger partial charge in [-0.2, -0.15) is 0 Å². The van der Waals surface area contributed by atoms with E-state index < -0.39 is 36.0 Å². The lowest BCUT2D eigenvalue weighted by atomic mass is 10.0. The molecule has 21 heavy (non-hydrogen) atoms. The normalized spacial score (nSPS) is 12.1. The molecule has 6 heteroatoms. The molecule has 116 valence electrons. The maximum Gasteiger partial charge on any atom is 0.328 e. The second-order valence-electron chi connectivity index (χ2n) is 5.15. The zero-order chi connectivity index (χ0) is 16.0. The van der Waals surface area contributed by atoms with Gasteiger partial charge >= 0.3 is 5.97 Å². The van der Waals surface area contributed by atoms with Crippen molar-refractivity contribution in [2.45, 2.75) is 32.7 Å². The highest BCUT2D eigenvalue weighted by molar-refractivity contribution is 5.85. The quantitative estimate of drug-likeness (QED) is 0.819. The lowest BCUT2D eigenvalue weighted by Gasteiger charge is -2.18. The highest BCUT2D eigenvalue weighted by atomic mass is 19.1. The zero-order valence-corrected chi connectivity index (χ0v) is 12.3. The van der Waals surface area contributed by atoms with Crippen molar-refractivity contribution in [3.63, 3.8) is 0 Å². The zero-order valence-electron chi connectivity index (χ0n) is 12.3. The Hall–Kier alpha value is -1.98. The highest BCUT2D eigenvalue weighted by Crippen LogP contribution is 2.13. The van der Waals surface area contributed by atoms with Crippen LogP contribution in [0, 0.1) is 17.6 Å². The molecule has 0 fully saturated rings. The van der Waals surface area contributed by atoms with E-state index in [2.05, 4.69) is 10.1 Å². The van der Waals surface area contributed by atoms with Gasteiger partial charge in [-0.1, -0.05) is 19.9 Å². The molecule has 0 heterocycles. The van der Waals surface area contributed by atoms with Crippen molar-refractivity contribution in [3.05, 3.63) is 35.4 Å². The summed E-state index contributed by atoms with van der Waals surface area (Å²) in [7, 11) is 1.22. The van der Waals surface area contributed by atoms with Gasteiger partial charge in [-0.25, -0.2) is 13.6 Å². The van der Waals surface area contributed by atoms with E-state index in [1.807, 2.05) is 13.8 Å². The molecule has 1 atom stereocenters. The summed E-state index contributed by atoms with van der Waals surface area (Å²) in [6.45, 7) is 3.78. The van der Waals surface area contributed by atoms with E-state index in [0.29, 0.717) is 6.42 Å². The van der Waals surface area contributed by atoms with Gasteiger partial charge in [-0.3, -0.25) is 4.79 Å². The number of hydrogen-bond donors (Lipinski definition) is 1. The maximum atomic E-state index is 13.5. The maximum absolute atomic E-state index is 13.5. The first kappa shape index (κ1) is 17.1. The summed E-state index contributed by atoms with van der Waals surface area (Å²) in [5.74, 6) is -2.63. The molecule has 1 aromatic carbocycles. The molecule has 1 N–H and O–H groups in total. The van der Waals surface area contributed by atoms with Crippen molar-refractivity contribution in [1.82, 2.24) is 5.32 Å². The van der Waals surface area contributed by atoms with Gasteiger partial charge in [0.05, 0.1) is 13.5 Å². The standard InChI is InChI=1S/C15H19F2NO3/c1-9(2)7-13(15(20)21-3)18-14(19)8-10-11(16)5-4-6-12(10)17/h4-6,9,13H,7-8H2,1-3H3,(H,18,19)/t13-/m0/s1. The predicted octanol–water partition coefficient (Wildman–Crippen LogP) is 2.21. The molecule has 1 amide bonds. The predicted molar refractivity (Wildman–Crippen MR) is 73.5 cm³/mol. The van der Waals surface area contributed by atoms with Gasteiger partial charge < -0.3 is 10.1 Å². The Kier molecular flexibility index (Phi) is 6.27. The van der Waals surface area contributed by atoms with E-state index in [1.54, 1.807) is 0 Å². The molecule has 0 unspecified atom stereocenters. The number of carbonyl (C=O) groups excluding carboxylic acids is 2. The van der Waals surface area contributed by atoms with Crippen LogP contribution in [-0.4, -0.2) is 25.0 Å². The summed E-state index contributed by atoms with van der Waals surface area (Å²) in [5, 5.41) is 2.46. The fourth-order valence-electron chi connectivity index (χ4n) is 1.93. The van der Waals surface area contributed by atoms with Crippen LogP contribution >= 0.6 is 0 Å². The molecule has 1 rings (SSSR count). The largest absolute Gasteiger partial charge is 0.467 e. The first-order valence-electron chi connectivity index (χ1n) is 6.65. The monoisotopic (exact) mass is 299 g/mol. The number of carbonyl (C=O) groups is 2. The second kappa shape index (κ2) is 7.71. The van der Waals surface area contributed by atoms with E-state index in [1.165, 1.54) is 13.2 Å². The van der Waals surface area contributed by atoms with Crippen LogP contribution in [0.5, 0.6) is 0 Å². The summed E-state index contributed by atoms with van der Waals surface area (Å²) in [5.41, 5.74) is -0.317. The summed E-state index contributed by atoms with van der Waals surface area (Å²) < 4.78 is 31.6. The minimum atomic E-state index is -0.822. The third-order valence-corrected chi connectivity index (χ3v) is 2.93. The third-order valence-electron chi connectivity index (χ3n) is 2.93. The lowest BCUT2D eigenvalue weighted by Crippen LogP contribution is -2.43. The topological polar surface area (TPSA) is 55.4 Å². The first-order valence-corrected chi connectivity index (χ1v) is 6.65. The fraction of sp³-hybridized carbons (Fsp3) is 0.467. The van der Waals surface area contributed by atoms with Gasteiger partial charge in [0.1, 0.15) is 17.7 Å². The molecule has 0 bridgehead atoms. The number of benzene rings is 1. The van der Waals surface area contributed by atoms with Crippen LogP contribution in [0.15, 0.2) is 18.2 Å². The molecular weight excluding hydrogens is 280 g/mol. The van der Waals surface area contributed by atoms with Gasteiger partial charge in [0, 0.05) is 5.56 Å². The van der Waals surface area contributed by atoms with Crippen LogP contribution in [0.1, 0.15) is 25.8 Å². The van der Waals surface area contributed by atoms with Crippen LogP contribution in [0.2, 0.25) is 0 Å². The van der Waals surface area contributed by atoms with Crippen molar-refractivity contribution in [3.8, 4) is 0 Å². The van der Waals surface area contributed by atoms with Crippen LogP contribution in [0.25, 0.3) is 0 Å². The number of rotatable bonds is 6. The van der Waals surface area contributed by atoms with Crippen molar-refractivity contribution in [2.24, 2.45) is 5.92 Å². The second-order valence-corrected chi connectivity index (χ2v) is 5.15. The number of ether oxygens (including phenoxy) is 1. The average Bonchev–Trinajstić information content (AvgIpc) is 2.41. The van der Waals surface area contributed by atoms with Crippen molar-refractivity contribution in [1.29, 1.82) is 0 Å². The van der Waals surface area contributed by atoms with Crippen LogP contribution in [0.3, 0.4) is 0 Å². The number of hydrogen-bond acceptors (Lipinski definition) is 3. The Morgan fingerprint density at radius 3 is 2.29 bits per heavy atom. The molecule has 0 aromatic heterocycles. The Morgan fingerprint density at radius 1 is 1.24 bits per heavy atom. The SMILES string of the molecule is COC(=O)[C@H](CC(C)C)NC(=O)Cc1c(F)cccc1F. The number of nitrogens with one attached hydrogen (secondary N) is 1. The Labute approximate surface area is 122 Å². The number of methoxy groups -OCH3 is 1. The Bertz CT molecular complexity index is 497. The van der Waals surface area contributed by atoms with E-state index in [-0.39, 0.29) is 11.5 Å². The van der Waals surface area contributed by atoms with E-state index in [4.69, 9.17) is 0 Å². The summed E-state index contributed by atoms with van der Waals surface area (Å²) in [6, 6.07) is 2.56. The Balaban J connectivity index is 2.76. The van der Waals surface area contributed by atoms with Gasteiger partial charge in [-0.05, 0) is 24.5 Å². The minimum Gasteiger partial charge on any atom is -0.467 e. The van der Waals surface area contributed by atoms with Gasteiger partial charge in [-0.15, -0.1) is 0 Å².